The predicted octanol–water partition coefficient (Wildman–Crippen LogP) is 4.00. The number of hydrogen-bond donors (Lipinski definition) is 0. The van der Waals surface area contributed by atoms with Gasteiger partial charge in [0.25, 0.3) is 0 Å². The van der Waals surface area contributed by atoms with E-state index in [1.807, 2.05) is 38.4 Å². The molecule has 0 bridgehead atoms. The maximum Gasteiger partial charge on any atom is 0.163 e. The van der Waals surface area contributed by atoms with Crippen LogP contribution >= 0.6 is 0 Å². The van der Waals surface area contributed by atoms with Crippen molar-refractivity contribution in [1.29, 1.82) is 0 Å². The van der Waals surface area contributed by atoms with Crippen molar-refractivity contribution in [3.63, 3.8) is 0 Å². The topological polar surface area (TPSA) is 20.3 Å². The average Bonchev–Trinajstić information content (AvgIpc) is 2.54. The summed E-state index contributed by atoms with van der Waals surface area (Å²) in [5.74, 6) is 0.269. The van der Waals surface area contributed by atoms with Crippen LogP contribution in [0.5, 0.6) is 0 Å². The predicted molar refractivity (Wildman–Crippen MR) is 92.4 cm³/mol. The molecule has 0 saturated heterocycles. The highest BCUT2D eigenvalue weighted by molar-refractivity contribution is 5.97. The number of hydrogen-bond acceptors (Lipinski definition) is 2. The van der Waals surface area contributed by atoms with E-state index in [0.29, 0.717) is 6.42 Å². The van der Waals surface area contributed by atoms with Crippen LogP contribution < -0.4 is 0 Å². The molecule has 0 aromatic heterocycles. The van der Waals surface area contributed by atoms with E-state index in [9.17, 15) is 4.79 Å². The molecule has 0 N–H and O–H groups in total. The lowest BCUT2D eigenvalue weighted by Crippen LogP contribution is -2.14. The maximum absolute atomic E-state index is 12.4. The van der Waals surface area contributed by atoms with Crippen molar-refractivity contribution in [1.82, 2.24) is 4.90 Å². The highest BCUT2D eigenvalue weighted by Crippen LogP contribution is 2.15. The SMILES string of the molecule is CN(C)CCCC(=O)c1ccccc1CCc1ccccc1. The number of carbonyl (C=O) groups is 1. The van der Waals surface area contributed by atoms with E-state index in [1.165, 1.54) is 11.1 Å². The van der Waals surface area contributed by atoms with Gasteiger partial charge in [0.05, 0.1) is 0 Å². The third-order valence-electron chi connectivity index (χ3n) is 3.85. The molecule has 2 heteroatoms. The van der Waals surface area contributed by atoms with Crippen LogP contribution in [0.25, 0.3) is 0 Å². The first-order valence-electron chi connectivity index (χ1n) is 7.96. The molecule has 2 rings (SSSR count). The van der Waals surface area contributed by atoms with Crippen LogP contribution in [0.3, 0.4) is 0 Å². The van der Waals surface area contributed by atoms with Crippen LogP contribution in [0.2, 0.25) is 0 Å². The van der Waals surface area contributed by atoms with Gasteiger partial charge in [-0.3, -0.25) is 4.79 Å². The standard InChI is InChI=1S/C20H25NO/c1-21(2)16-8-13-20(22)19-12-7-6-11-18(19)15-14-17-9-4-3-5-10-17/h3-7,9-12H,8,13-16H2,1-2H3. The Bertz CT molecular complexity index is 590. The number of carbonyl (C=O) groups excluding carboxylic acids is 1. The number of ketones is 1. The first-order chi connectivity index (χ1) is 10.7. The molecule has 0 unspecified atom stereocenters. The lowest BCUT2D eigenvalue weighted by atomic mass is 9.96. The van der Waals surface area contributed by atoms with Gasteiger partial charge in [-0.25, -0.2) is 0 Å². The van der Waals surface area contributed by atoms with E-state index in [0.717, 1.165) is 31.4 Å². The maximum atomic E-state index is 12.4. The van der Waals surface area contributed by atoms with Crippen LogP contribution in [0.4, 0.5) is 0 Å². The molecule has 0 aliphatic heterocycles. The van der Waals surface area contributed by atoms with Crippen LogP contribution in [0.1, 0.15) is 34.3 Å². The molecule has 0 atom stereocenters. The Morgan fingerprint density at radius 2 is 1.59 bits per heavy atom. The third-order valence-corrected chi connectivity index (χ3v) is 3.85. The minimum atomic E-state index is 0.269. The molecule has 2 nitrogen and oxygen atoms in total. The molecule has 0 aliphatic rings. The van der Waals surface area contributed by atoms with Crippen molar-refractivity contribution < 1.29 is 4.79 Å². The van der Waals surface area contributed by atoms with Crippen molar-refractivity contribution in [2.75, 3.05) is 20.6 Å². The lowest BCUT2D eigenvalue weighted by molar-refractivity contribution is 0.0976. The fourth-order valence-electron chi connectivity index (χ4n) is 2.62. The van der Waals surface area contributed by atoms with E-state index in [-0.39, 0.29) is 5.78 Å². The van der Waals surface area contributed by atoms with Gasteiger partial charge in [0.15, 0.2) is 5.78 Å². The average molecular weight is 295 g/mol. The van der Waals surface area contributed by atoms with Gasteiger partial charge in [-0.05, 0) is 51.0 Å². The summed E-state index contributed by atoms with van der Waals surface area (Å²) in [4.78, 5) is 14.6. The Balaban J connectivity index is 1.98. The number of rotatable bonds is 8. The van der Waals surface area contributed by atoms with Gasteiger partial charge in [0.2, 0.25) is 0 Å². The van der Waals surface area contributed by atoms with Gasteiger partial charge in [0, 0.05) is 12.0 Å². The second-order valence-electron chi connectivity index (χ2n) is 5.97. The van der Waals surface area contributed by atoms with E-state index >= 15 is 0 Å². The highest BCUT2D eigenvalue weighted by Gasteiger charge is 2.10. The summed E-state index contributed by atoms with van der Waals surface area (Å²) in [5.41, 5.74) is 3.38. The molecule has 0 heterocycles. The second kappa shape index (κ2) is 8.50. The quantitative estimate of drug-likeness (QED) is 0.686. The first-order valence-corrected chi connectivity index (χ1v) is 7.96. The molecule has 0 fully saturated rings. The molecule has 2 aromatic rings. The number of nitrogens with zero attached hydrogens (tertiary/aromatic N) is 1. The Morgan fingerprint density at radius 1 is 0.909 bits per heavy atom. The van der Waals surface area contributed by atoms with E-state index < -0.39 is 0 Å². The normalized spacial score (nSPS) is 10.9. The number of Topliss-reactive ketones (excluding diaryl/α,β-unsaturated/α-hetero) is 1. The zero-order valence-corrected chi connectivity index (χ0v) is 13.6. The number of aryl methyl sites for hydroxylation is 2. The molecule has 22 heavy (non-hydrogen) atoms. The summed E-state index contributed by atoms with van der Waals surface area (Å²) < 4.78 is 0. The van der Waals surface area contributed by atoms with Crippen molar-refractivity contribution in [2.24, 2.45) is 0 Å². The molecule has 0 saturated carbocycles. The first kappa shape index (κ1) is 16.4. The minimum absolute atomic E-state index is 0.269. The lowest BCUT2D eigenvalue weighted by Gasteiger charge is -2.11. The second-order valence-corrected chi connectivity index (χ2v) is 5.97. The van der Waals surface area contributed by atoms with Crippen molar-refractivity contribution >= 4 is 5.78 Å². The molecule has 0 radical (unpaired) electrons. The molecule has 116 valence electrons. The van der Waals surface area contributed by atoms with E-state index in [2.05, 4.69) is 35.2 Å². The van der Waals surface area contributed by atoms with E-state index in [4.69, 9.17) is 0 Å². The summed E-state index contributed by atoms with van der Waals surface area (Å²) in [6, 6.07) is 18.5. The summed E-state index contributed by atoms with van der Waals surface area (Å²) >= 11 is 0. The Hall–Kier alpha value is -1.93. The Morgan fingerprint density at radius 3 is 2.32 bits per heavy atom. The third kappa shape index (κ3) is 5.12. The minimum Gasteiger partial charge on any atom is -0.309 e. The molecular formula is C20H25NO. The van der Waals surface area contributed by atoms with Crippen molar-refractivity contribution in [3.05, 3.63) is 71.3 Å². The molecule has 0 aliphatic carbocycles. The Kier molecular flexibility index (Phi) is 6.35. The monoisotopic (exact) mass is 295 g/mol. The van der Waals surface area contributed by atoms with E-state index in [1.54, 1.807) is 0 Å². The summed E-state index contributed by atoms with van der Waals surface area (Å²) in [6.07, 6.45) is 3.43. The fraction of sp³-hybridized carbons (Fsp3) is 0.350. The fourth-order valence-corrected chi connectivity index (χ4v) is 2.62. The Labute approximate surface area is 133 Å². The summed E-state index contributed by atoms with van der Waals surface area (Å²) in [7, 11) is 4.08. The smallest absolute Gasteiger partial charge is 0.163 e. The zero-order chi connectivity index (χ0) is 15.8. The van der Waals surface area contributed by atoms with Crippen LogP contribution in [-0.2, 0) is 12.8 Å². The van der Waals surface area contributed by atoms with Gasteiger partial charge >= 0.3 is 0 Å². The van der Waals surface area contributed by atoms with Gasteiger partial charge in [0.1, 0.15) is 0 Å². The molecule has 2 aromatic carbocycles. The van der Waals surface area contributed by atoms with Gasteiger partial charge in [-0.1, -0.05) is 54.6 Å². The highest BCUT2D eigenvalue weighted by atomic mass is 16.1. The van der Waals surface area contributed by atoms with Gasteiger partial charge in [-0.2, -0.15) is 0 Å². The van der Waals surface area contributed by atoms with Gasteiger partial charge < -0.3 is 4.90 Å². The van der Waals surface area contributed by atoms with Gasteiger partial charge in [-0.15, -0.1) is 0 Å². The summed E-state index contributed by atoms with van der Waals surface area (Å²) in [6.45, 7) is 0.956. The van der Waals surface area contributed by atoms with Crippen LogP contribution in [0.15, 0.2) is 54.6 Å². The molecule has 0 spiro atoms. The van der Waals surface area contributed by atoms with Crippen LogP contribution in [-0.4, -0.2) is 31.3 Å². The number of benzene rings is 2. The van der Waals surface area contributed by atoms with Crippen LogP contribution in [0, 0.1) is 0 Å². The van der Waals surface area contributed by atoms with Crippen molar-refractivity contribution in [2.45, 2.75) is 25.7 Å². The largest absolute Gasteiger partial charge is 0.309 e. The molecule has 0 amide bonds. The molecular weight excluding hydrogens is 270 g/mol. The van der Waals surface area contributed by atoms with Crippen molar-refractivity contribution in [3.8, 4) is 0 Å². The summed E-state index contributed by atoms with van der Waals surface area (Å²) in [5, 5.41) is 0. The zero-order valence-electron chi connectivity index (χ0n) is 13.6.